The molecule has 12 heavy (non-hydrogen) atoms. The van der Waals surface area contributed by atoms with Crippen molar-refractivity contribution in [2.45, 2.75) is 26.2 Å². The lowest BCUT2D eigenvalue weighted by molar-refractivity contribution is 0.812. The second-order valence-electron chi connectivity index (χ2n) is 3.53. The number of pyridine rings is 1. The lowest BCUT2D eigenvalue weighted by Crippen LogP contribution is -1.96. The molecule has 1 aliphatic carbocycles. The number of hydrogen-bond acceptors (Lipinski definition) is 1. The Labute approximate surface area is 73.1 Å². The van der Waals surface area contributed by atoms with Gasteiger partial charge >= 0.3 is 0 Å². The molecule has 0 spiro atoms. The molecule has 0 unspecified atom stereocenters. The number of rotatable bonds is 1. The molecular formula is C11H13N. The van der Waals surface area contributed by atoms with Gasteiger partial charge in [0.1, 0.15) is 0 Å². The van der Waals surface area contributed by atoms with Gasteiger partial charge in [-0.05, 0) is 17.5 Å². The number of hydrogen-bond donors (Lipinski definition) is 0. The Morgan fingerprint density at radius 2 is 2.17 bits per heavy atom. The summed E-state index contributed by atoms with van der Waals surface area (Å²) < 4.78 is 0. The summed E-state index contributed by atoms with van der Waals surface area (Å²) in [6.45, 7) is 4.36. The first-order valence-corrected chi connectivity index (χ1v) is 4.44. The summed E-state index contributed by atoms with van der Waals surface area (Å²) in [7, 11) is 0. The van der Waals surface area contributed by atoms with Crippen molar-refractivity contribution < 1.29 is 0 Å². The molecular weight excluding hydrogens is 146 g/mol. The molecule has 0 amide bonds. The second-order valence-corrected chi connectivity index (χ2v) is 3.53. The van der Waals surface area contributed by atoms with Crippen molar-refractivity contribution in [2.24, 2.45) is 0 Å². The number of fused-ring (bicyclic) bond motifs is 1. The number of nitrogens with zero attached hydrogens (tertiary/aromatic N) is 1. The van der Waals surface area contributed by atoms with Crippen molar-refractivity contribution in [3.8, 4) is 0 Å². The molecule has 1 aromatic rings. The third kappa shape index (κ3) is 1.15. The summed E-state index contributed by atoms with van der Waals surface area (Å²) in [5.74, 6) is 0.538. The van der Waals surface area contributed by atoms with Gasteiger partial charge in [-0.15, -0.1) is 0 Å². The van der Waals surface area contributed by atoms with Crippen LogP contribution in [-0.2, 0) is 6.42 Å². The largest absolute Gasteiger partial charge is 0.257 e. The van der Waals surface area contributed by atoms with Crippen LogP contribution in [0.25, 0.3) is 6.08 Å². The number of allylic oxidation sites excluding steroid dienone is 1. The van der Waals surface area contributed by atoms with E-state index in [2.05, 4.69) is 43.1 Å². The van der Waals surface area contributed by atoms with E-state index >= 15 is 0 Å². The van der Waals surface area contributed by atoms with Crippen molar-refractivity contribution in [3.05, 3.63) is 35.2 Å². The van der Waals surface area contributed by atoms with E-state index in [1.165, 1.54) is 17.0 Å². The van der Waals surface area contributed by atoms with Gasteiger partial charge in [0.15, 0.2) is 0 Å². The van der Waals surface area contributed by atoms with Crippen LogP contribution in [0.4, 0.5) is 0 Å². The molecule has 0 saturated carbocycles. The van der Waals surface area contributed by atoms with Crippen LogP contribution in [0, 0.1) is 0 Å². The third-order valence-electron chi connectivity index (χ3n) is 2.23. The molecule has 2 rings (SSSR count). The van der Waals surface area contributed by atoms with Crippen LogP contribution in [0.1, 0.15) is 36.7 Å². The van der Waals surface area contributed by atoms with Crippen molar-refractivity contribution in [2.75, 3.05) is 0 Å². The molecule has 1 heterocycles. The normalized spacial score (nSPS) is 13.9. The fraction of sp³-hybridized carbons (Fsp3) is 0.364. The standard InChI is InChI=1S/C11H13N/c1-8(2)10-7-6-9-4-3-5-11(9)12-10/h3-4,6-8H,5H2,1-2H3. The molecule has 0 saturated heterocycles. The molecule has 0 N–H and O–H groups in total. The monoisotopic (exact) mass is 159 g/mol. The molecule has 1 aromatic heterocycles. The van der Waals surface area contributed by atoms with Crippen molar-refractivity contribution in [3.63, 3.8) is 0 Å². The number of aromatic nitrogens is 1. The van der Waals surface area contributed by atoms with Crippen LogP contribution in [0.3, 0.4) is 0 Å². The Morgan fingerprint density at radius 1 is 1.33 bits per heavy atom. The Balaban J connectivity index is 2.42. The molecule has 0 radical (unpaired) electrons. The molecule has 0 aliphatic heterocycles. The fourth-order valence-corrected chi connectivity index (χ4v) is 1.46. The van der Waals surface area contributed by atoms with Crippen LogP contribution in [0.2, 0.25) is 0 Å². The van der Waals surface area contributed by atoms with E-state index in [-0.39, 0.29) is 0 Å². The van der Waals surface area contributed by atoms with Gasteiger partial charge in [0.2, 0.25) is 0 Å². The maximum absolute atomic E-state index is 4.59. The van der Waals surface area contributed by atoms with E-state index in [9.17, 15) is 0 Å². The summed E-state index contributed by atoms with van der Waals surface area (Å²) >= 11 is 0. The Bertz CT molecular complexity index is 324. The summed E-state index contributed by atoms with van der Waals surface area (Å²) in [6, 6.07) is 4.29. The Hall–Kier alpha value is -1.11. The van der Waals surface area contributed by atoms with Crippen LogP contribution in [-0.4, -0.2) is 4.98 Å². The highest BCUT2D eigenvalue weighted by atomic mass is 14.7. The van der Waals surface area contributed by atoms with E-state index in [0.29, 0.717) is 5.92 Å². The zero-order chi connectivity index (χ0) is 8.55. The van der Waals surface area contributed by atoms with Gasteiger partial charge in [-0.25, -0.2) is 0 Å². The van der Waals surface area contributed by atoms with E-state index < -0.39 is 0 Å². The van der Waals surface area contributed by atoms with E-state index in [1.54, 1.807) is 0 Å². The van der Waals surface area contributed by atoms with E-state index in [0.717, 1.165) is 6.42 Å². The SMILES string of the molecule is CC(C)c1ccc2c(n1)CC=C2. The van der Waals surface area contributed by atoms with Crippen LogP contribution < -0.4 is 0 Å². The molecule has 0 aromatic carbocycles. The van der Waals surface area contributed by atoms with E-state index in [1.807, 2.05) is 0 Å². The Kier molecular flexibility index (Phi) is 1.72. The summed E-state index contributed by atoms with van der Waals surface area (Å²) in [5, 5.41) is 0. The van der Waals surface area contributed by atoms with Gasteiger partial charge < -0.3 is 0 Å². The fourth-order valence-electron chi connectivity index (χ4n) is 1.46. The third-order valence-corrected chi connectivity index (χ3v) is 2.23. The summed E-state index contributed by atoms with van der Waals surface area (Å²) in [4.78, 5) is 4.59. The maximum atomic E-state index is 4.59. The highest BCUT2D eigenvalue weighted by Crippen LogP contribution is 2.20. The van der Waals surface area contributed by atoms with Gasteiger partial charge in [0.25, 0.3) is 0 Å². The van der Waals surface area contributed by atoms with Crippen LogP contribution in [0.15, 0.2) is 18.2 Å². The highest BCUT2D eigenvalue weighted by molar-refractivity contribution is 5.57. The minimum atomic E-state index is 0.538. The van der Waals surface area contributed by atoms with Gasteiger partial charge in [-0.2, -0.15) is 0 Å². The molecule has 1 heteroatoms. The van der Waals surface area contributed by atoms with Crippen molar-refractivity contribution in [1.82, 2.24) is 4.98 Å². The lowest BCUT2D eigenvalue weighted by atomic mass is 10.1. The molecule has 62 valence electrons. The smallest absolute Gasteiger partial charge is 0.0516 e. The zero-order valence-electron chi connectivity index (χ0n) is 7.54. The molecule has 1 aliphatic rings. The first-order chi connectivity index (χ1) is 5.77. The average molecular weight is 159 g/mol. The van der Waals surface area contributed by atoms with Gasteiger partial charge in [0.05, 0.1) is 5.69 Å². The molecule has 1 nitrogen and oxygen atoms in total. The summed E-state index contributed by atoms with van der Waals surface area (Å²) in [5.41, 5.74) is 3.73. The Morgan fingerprint density at radius 3 is 2.92 bits per heavy atom. The first kappa shape index (κ1) is 7.53. The van der Waals surface area contributed by atoms with Gasteiger partial charge in [-0.1, -0.05) is 32.1 Å². The van der Waals surface area contributed by atoms with Crippen LogP contribution in [0.5, 0.6) is 0 Å². The van der Waals surface area contributed by atoms with Crippen molar-refractivity contribution in [1.29, 1.82) is 0 Å². The predicted molar refractivity (Wildman–Crippen MR) is 51.1 cm³/mol. The first-order valence-electron chi connectivity index (χ1n) is 4.44. The molecule has 0 bridgehead atoms. The predicted octanol–water partition coefficient (Wildman–Crippen LogP) is 2.77. The second kappa shape index (κ2) is 2.74. The van der Waals surface area contributed by atoms with Gasteiger partial charge in [0, 0.05) is 12.1 Å². The quantitative estimate of drug-likeness (QED) is 0.614. The van der Waals surface area contributed by atoms with Crippen molar-refractivity contribution >= 4 is 6.08 Å². The molecule has 0 atom stereocenters. The molecule has 0 fully saturated rings. The van der Waals surface area contributed by atoms with Gasteiger partial charge in [-0.3, -0.25) is 4.98 Å². The lowest BCUT2D eigenvalue weighted by Gasteiger charge is -2.06. The minimum Gasteiger partial charge on any atom is -0.257 e. The zero-order valence-corrected chi connectivity index (χ0v) is 7.54. The average Bonchev–Trinajstić information content (AvgIpc) is 2.49. The van der Waals surface area contributed by atoms with Crippen LogP contribution >= 0.6 is 0 Å². The topological polar surface area (TPSA) is 12.9 Å². The highest BCUT2D eigenvalue weighted by Gasteiger charge is 2.08. The minimum absolute atomic E-state index is 0.538. The summed E-state index contributed by atoms with van der Waals surface area (Å²) in [6.07, 6.45) is 5.32. The van der Waals surface area contributed by atoms with E-state index in [4.69, 9.17) is 0 Å². The maximum Gasteiger partial charge on any atom is 0.0516 e.